The predicted octanol–water partition coefficient (Wildman–Crippen LogP) is 17.7. The minimum atomic E-state index is -3.39. The molecule has 0 aromatic heterocycles. The van der Waals surface area contributed by atoms with E-state index in [0.717, 1.165) is 128 Å². The van der Waals surface area contributed by atoms with Gasteiger partial charge in [-0.3, -0.25) is 0 Å². The fourth-order valence-electron chi connectivity index (χ4n) is 7.95. The third kappa shape index (κ3) is 48.9. The highest BCUT2D eigenvalue weighted by molar-refractivity contribution is 6.54. The van der Waals surface area contributed by atoms with E-state index < -0.39 is 27.1 Å². The van der Waals surface area contributed by atoms with Gasteiger partial charge in [0.05, 0.1) is 26.4 Å². The van der Waals surface area contributed by atoms with Crippen molar-refractivity contribution in [3.63, 3.8) is 0 Å². The average molecular weight is 1210 g/mol. The first-order valence-electron chi connectivity index (χ1n) is 29.9. The van der Waals surface area contributed by atoms with Crippen LogP contribution in [0, 0.1) is 23.7 Å². The van der Waals surface area contributed by atoms with Crippen LogP contribution in [0.15, 0.2) is 202 Å². The summed E-state index contributed by atoms with van der Waals surface area (Å²) in [4.78, 5) is 0. The summed E-state index contributed by atoms with van der Waals surface area (Å²) in [5.41, 5.74) is 0. The molecule has 0 aromatic carbocycles. The molecular weight excluding hydrogens is 1090 g/mol. The van der Waals surface area contributed by atoms with Gasteiger partial charge in [0, 0.05) is 52.9 Å². The van der Waals surface area contributed by atoms with Gasteiger partial charge in [0.25, 0.3) is 0 Å². The fraction of sp³-hybridized carbons (Fsp3) is 0.529. The van der Waals surface area contributed by atoms with Crippen molar-refractivity contribution in [2.75, 3.05) is 79.3 Å². The molecule has 0 aliphatic carbocycles. The Morgan fingerprint density at radius 1 is 0.205 bits per heavy atom. The summed E-state index contributed by atoms with van der Waals surface area (Å²) in [6, 6.07) is 0. The average Bonchev–Trinajstić information content (AvgIpc) is 3.52. The highest BCUT2D eigenvalue weighted by atomic mass is 28.4. The monoisotopic (exact) mass is 1210 g/mol. The van der Waals surface area contributed by atoms with Gasteiger partial charge in [-0.05, 0) is 152 Å². The number of allylic oxidation sites excluding steroid dienone is 8. The summed E-state index contributed by atoms with van der Waals surface area (Å²) in [5.74, 6) is 2.08. The Bertz CT molecular complexity index is 1430. The van der Waals surface area contributed by atoms with Gasteiger partial charge in [0.2, 0.25) is 0 Å². The molecule has 0 fully saturated rings. The molecule has 0 saturated carbocycles. The lowest BCUT2D eigenvalue weighted by molar-refractivity contribution is -0.0389. The SMILES string of the molecule is C=CCC(CC=C)CCCO[Si](OCCCC(CC=C)CC=C)(OCCCC(CC=C)CC=C)OCCCC(CC=C)CC=C.C=CCCO[Si](OCCC=C)(OCCC=C)OCCC=C.C=CCO[Si](OCC=C)(OCC=C)OCC=C. The highest BCUT2D eigenvalue weighted by Gasteiger charge is 2.47. The van der Waals surface area contributed by atoms with Gasteiger partial charge in [-0.15, -0.1) is 105 Å². The molecule has 0 amide bonds. The summed E-state index contributed by atoms with van der Waals surface area (Å²) in [7, 11) is -9.69. The van der Waals surface area contributed by atoms with Gasteiger partial charge in [-0.25, -0.2) is 0 Å². The molecular formula is C68H116O12Si3. The standard InChI is InChI=1S/C40H68O4Si.C16H28O4Si.C12H20O4Si/c1-9-21-37(22-10-2)29-17-33-41-45(42-34-18-30-38(23-11-3)24-12-4,43-35-19-31-39(25-13-5)26-14-6)44-36-20-32-40(27-15-7)28-16-8;1-5-9-13-17-21(18-14-10-6-2,19-15-11-7-3)20-16-12-8-4;1-5-9-13-17(14-10-6-2,15-11-7-3)16-12-8-4/h9-16,37-40H,1-8,17-36H2;5-8H,1-4,9-16H2;5-8H,1-4,9-12H2. The Labute approximate surface area is 511 Å². The van der Waals surface area contributed by atoms with Crippen LogP contribution in [0.1, 0.15) is 128 Å². The van der Waals surface area contributed by atoms with E-state index in [4.69, 9.17) is 53.1 Å². The largest absolute Gasteiger partial charge is 0.680 e. The Kier molecular flexibility index (Phi) is 62.7. The molecule has 0 atom stereocenters. The molecule has 0 aliphatic heterocycles. The van der Waals surface area contributed by atoms with Crippen LogP contribution in [-0.2, 0) is 53.1 Å². The number of hydrogen-bond acceptors (Lipinski definition) is 12. The minimum Gasteiger partial charge on any atom is -0.351 e. The summed E-state index contributed by atoms with van der Waals surface area (Å²) >= 11 is 0. The molecule has 0 radical (unpaired) electrons. The van der Waals surface area contributed by atoms with Crippen molar-refractivity contribution in [2.24, 2.45) is 23.7 Å². The molecule has 0 unspecified atom stereocenters. The quantitative estimate of drug-likeness (QED) is 0.0328. The molecule has 0 aliphatic rings. The zero-order valence-corrected chi connectivity index (χ0v) is 54.9. The van der Waals surface area contributed by atoms with E-state index in [1.54, 1.807) is 48.6 Å². The van der Waals surface area contributed by atoms with Crippen LogP contribution < -0.4 is 0 Å². The summed E-state index contributed by atoms with van der Waals surface area (Å²) < 4.78 is 71.5. The second kappa shape index (κ2) is 62.5. The third-order valence-corrected chi connectivity index (χ3v) is 18.6. The summed E-state index contributed by atoms with van der Waals surface area (Å²) in [5, 5.41) is 0. The van der Waals surface area contributed by atoms with Crippen LogP contribution in [-0.4, -0.2) is 106 Å². The van der Waals surface area contributed by atoms with Gasteiger partial charge in [-0.2, -0.15) is 0 Å². The maximum Gasteiger partial charge on any atom is 0.680 e. The summed E-state index contributed by atoms with van der Waals surface area (Å²) in [6.45, 7) is 65.6. The van der Waals surface area contributed by atoms with Crippen LogP contribution in [0.5, 0.6) is 0 Å². The lowest BCUT2D eigenvalue weighted by Gasteiger charge is -2.29. The van der Waals surface area contributed by atoms with Crippen LogP contribution in [0.3, 0.4) is 0 Å². The van der Waals surface area contributed by atoms with Crippen LogP contribution in [0.2, 0.25) is 0 Å². The van der Waals surface area contributed by atoms with Crippen LogP contribution in [0.25, 0.3) is 0 Å². The first-order valence-corrected chi connectivity index (χ1v) is 34.8. The topological polar surface area (TPSA) is 111 Å². The molecule has 83 heavy (non-hydrogen) atoms. The Morgan fingerprint density at radius 3 is 0.530 bits per heavy atom. The van der Waals surface area contributed by atoms with Gasteiger partial charge in [-0.1, -0.05) is 97.2 Å². The normalized spacial score (nSPS) is 11.3. The zero-order chi connectivity index (χ0) is 62.2. The number of rotatable bonds is 64. The van der Waals surface area contributed by atoms with Crippen molar-refractivity contribution in [3.05, 3.63) is 202 Å². The number of hydrogen-bond donors (Lipinski definition) is 0. The second-order valence-electron chi connectivity index (χ2n) is 19.2. The van der Waals surface area contributed by atoms with Crippen LogP contribution in [0.4, 0.5) is 0 Å². The van der Waals surface area contributed by atoms with Gasteiger partial charge in [0.1, 0.15) is 0 Å². The minimum absolute atomic E-state index is 0.289. The first-order chi connectivity index (χ1) is 40.5. The predicted molar refractivity (Wildman–Crippen MR) is 358 cm³/mol. The van der Waals surface area contributed by atoms with E-state index in [0.29, 0.717) is 76.5 Å². The van der Waals surface area contributed by atoms with Crippen molar-refractivity contribution < 1.29 is 53.1 Å². The third-order valence-electron chi connectivity index (χ3n) is 12.1. The Morgan fingerprint density at radius 2 is 0.373 bits per heavy atom. The van der Waals surface area contributed by atoms with Gasteiger partial charge < -0.3 is 53.1 Å². The Balaban J connectivity index is -0.00000138. The molecule has 0 N–H and O–H groups in total. The van der Waals surface area contributed by atoms with E-state index in [-0.39, 0.29) is 26.4 Å². The lowest BCUT2D eigenvalue weighted by atomic mass is 9.96. The Hall–Kier alpha value is -3.99. The first kappa shape index (κ1) is 83.2. The van der Waals surface area contributed by atoms with E-state index >= 15 is 0 Å². The fourth-order valence-corrected chi connectivity index (χ4v) is 13.8. The lowest BCUT2D eigenvalue weighted by Crippen LogP contribution is -2.50. The molecule has 15 heteroatoms. The smallest absolute Gasteiger partial charge is 0.351 e. The molecule has 0 bridgehead atoms. The maximum atomic E-state index is 6.57. The molecule has 0 spiro atoms. The highest BCUT2D eigenvalue weighted by Crippen LogP contribution is 2.25. The zero-order valence-electron chi connectivity index (χ0n) is 51.9. The van der Waals surface area contributed by atoms with Crippen molar-refractivity contribution in [1.29, 1.82) is 0 Å². The molecule has 0 heterocycles. The van der Waals surface area contributed by atoms with Gasteiger partial charge >= 0.3 is 27.1 Å². The van der Waals surface area contributed by atoms with Crippen molar-refractivity contribution in [3.8, 4) is 0 Å². The molecule has 0 saturated heterocycles. The maximum absolute atomic E-state index is 6.57. The van der Waals surface area contributed by atoms with Crippen LogP contribution >= 0.6 is 0 Å². The van der Waals surface area contributed by atoms with Crippen molar-refractivity contribution >= 4 is 27.1 Å². The van der Waals surface area contributed by atoms with E-state index in [1.165, 1.54) is 0 Å². The van der Waals surface area contributed by atoms with Crippen molar-refractivity contribution in [1.82, 2.24) is 0 Å². The molecule has 0 aromatic rings. The molecule has 0 rings (SSSR count). The molecule has 472 valence electrons. The summed E-state index contributed by atoms with van der Waals surface area (Å²) in [6.07, 6.45) is 47.9. The van der Waals surface area contributed by atoms with E-state index in [2.05, 4.69) is 105 Å². The van der Waals surface area contributed by atoms with E-state index in [9.17, 15) is 0 Å². The van der Waals surface area contributed by atoms with Gasteiger partial charge in [0.15, 0.2) is 0 Å². The van der Waals surface area contributed by atoms with E-state index in [1.807, 2.05) is 48.6 Å². The molecule has 12 nitrogen and oxygen atoms in total. The second-order valence-corrected chi connectivity index (χ2v) is 25.7. The van der Waals surface area contributed by atoms with Crippen molar-refractivity contribution in [2.45, 2.75) is 128 Å².